The minimum atomic E-state index is -0.877. The molecule has 1 unspecified atom stereocenters. The number of carboxylic acid groups (broad SMARTS) is 1. The third-order valence-electron chi connectivity index (χ3n) is 2.93. The molecule has 0 aliphatic carbocycles. The third kappa shape index (κ3) is 6.47. The van der Waals surface area contributed by atoms with Gasteiger partial charge in [-0.3, -0.25) is 4.79 Å². The first-order valence-corrected chi connectivity index (χ1v) is 6.48. The maximum absolute atomic E-state index is 11.7. The lowest BCUT2D eigenvalue weighted by Gasteiger charge is -2.26. The zero-order valence-electron chi connectivity index (χ0n) is 12.0. The fourth-order valence-corrected chi connectivity index (χ4v) is 1.85. The summed E-state index contributed by atoms with van der Waals surface area (Å²) in [6, 6.07) is -0.305. The molecule has 0 saturated carbocycles. The van der Waals surface area contributed by atoms with Crippen LogP contribution in [0.1, 0.15) is 47.5 Å². The Labute approximate surface area is 109 Å². The SMILES string of the molecule is CCCC(C)(C)NC(=O)NCC(C(=O)O)C(C)C. The van der Waals surface area contributed by atoms with E-state index in [9.17, 15) is 9.59 Å². The average Bonchev–Trinajstić information content (AvgIpc) is 2.14. The Morgan fingerprint density at radius 2 is 1.83 bits per heavy atom. The molecule has 106 valence electrons. The van der Waals surface area contributed by atoms with Crippen LogP contribution < -0.4 is 10.6 Å². The van der Waals surface area contributed by atoms with Crippen molar-refractivity contribution in [1.82, 2.24) is 10.6 Å². The molecular formula is C13H26N2O3. The lowest BCUT2D eigenvalue weighted by Crippen LogP contribution is -2.50. The number of amides is 2. The summed E-state index contributed by atoms with van der Waals surface area (Å²) in [6.45, 7) is 9.78. The Bertz CT molecular complexity index is 288. The summed E-state index contributed by atoms with van der Waals surface area (Å²) in [5.74, 6) is -1.44. The second kappa shape index (κ2) is 7.24. The molecule has 0 aromatic carbocycles. The number of hydrogen-bond donors (Lipinski definition) is 3. The van der Waals surface area contributed by atoms with E-state index < -0.39 is 11.9 Å². The van der Waals surface area contributed by atoms with Gasteiger partial charge in [0.15, 0.2) is 0 Å². The van der Waals surface area contributed by atoms with Gasteiger partial charge < -0.3 is 15.7 Å². The Morgan fingerprint density at radius 1 is 1.28 bits per heavy atom. The second-order valence-corrected chi connectivity index (χ2v) is 5.66. The van der Waals surface area contributed by atoms with Crippen molar-refractivity contribution in [2.24, 2.45) is 11.8 Å². The predicted molar refractivity (Wildman–Crippen MR) is 71.5 cm³/mol. The molecule has 2 amide bonds. The van der Waals surface area contributed by atoms with E-state index in [0.717, 1.165) is 12.8 Å². The van der Waals surface area contributed by atoms with E-state index in [1.165, 1.54) is 0 Å². The van der Waals surface area contributed by atoms with Crippen LogP contribution in [0, 0.1) is 11.8 Å². The maximum Gasteiger partial charge on any atom is 0.315 e. The van der Waals surface area contributed by atoms with E-state index in [-0.39, 0.29) is 24.0 Å². The molecular weight excluding hydrogens is 232 g/mol. The number of carbonyl (C=O) groups excluding carboxylic acids is 1. The van der Waals surface area contributed by atoms with Gasteiger partial charge in [-0.25, -0.2) is 4.79 Å². The monoisotopic (exact) mass is 258 g/mol. The van der Waals surface area contributed by atoms with Gasteiger partial charge in [-0.15, -0.1) is 0 Å². The van der Waals surface area contributed by atoms with E-state index in [1.807, 2.05) is 27.7 Å². The van der Waals surface area contributed by atoms with Crippen LogP contribution in [-0.4, -0.2) is 29.2 Å². The lowest BCUT2D eigenvalue weighted by molar-refractivity contribution is -0.142. The van der Waals surface area contributed by atoms with Crippen LogP contribution >= 0.6 is 0 Å². The molecule has 18 heavy (non-hydrogen) atoms. The zero-order valence-corrected chi connectivity index (χ0v) is 12.0. The van der Waals surface area contributed by atoms with Crippen molar-refractivity contribution in [2.75, 3.05) is 6.54 Å². The first-order valence-electron chi connectivity index (χ1n) is 6.48. The topological polar surface area (TPSA) is 78.4 Å². The van der Waals surface area contributed by atoms with Crippen LogP contribution in [0.4, 0.5) is 4.79 Å². The molecule has 1 atom stereocenters. The third-order valence-corrected chi connectivity index (χ3v) is 2.93. The van der Waals surface area contributed by atoms with Gasteiger partial charge in [-0.2, -0.15) is 0 Å². The van der Waals surface area contributed by atoms with Gasteiger partial charge in [0.25, 0.3) is 0 Å². The van der Waals surface area contributed by atoms with E-state index in [2.05, 4.69) is 17.6 Å². The van der Waals surface area contributed by atoms with E-state index in [1.54, 1.807) is 0 Å². The van der Waals surface area contributed by atoms with Crippen LogP contribution in [0.3, 0.4) is 0 Å². The van der Waals surface area contributed by atoms with Crippen LogP contribution in [0.15, 0.2) is 0 Å². The first-order chi connectivity index (χ1) is 8.19. The molecule has 5 nitrogen and oxygen atoms in total. The highest BCUT2D eigenvalue weighted by molar-refractivity contribution is 5.76. The lowest BCUT2D eigenvalue weighted by atomic mass is 9.96. The first kappa shape index (κ1) is 16.7. The largest absolute Gasteiger partial charge is 0.481 e. The molecule has 0 spiro atoms. The van der Waals surface area contributed by atoms with Crippen molar-refractivity contribution in [2.45, 2.75) is 53.0 Å². The maximum atomic E-state index is 11.7. The van der Waals surface area contributed by atoms with Gasteiger partial charge in [-0.05, 0) is 26.2 Å². The molecule has 0 aromatic rings. The number of aliphatic carboxylic acids is 1. The molecule has 0 heterocycles. The molecule has 0 saturated heterocycles. The summed E-state index contributed by atoms with van der Waals surface area (Å²) in [5, 5.41) is 14.5. The Balaban J connectivity index is 4.21. The summed E-state index contributed by atoms with van der Waals surface area (Å²) >= 11 is 0. The van der Waals surface area contributed by atoms with E-state index in [0.29, 0.717) is 0 Å². The smallest absolute Gasteiger partial charge is 0.315 e. The van der Waals surface area contributed by atoms with Gasteiger partial charge in [0.1, 0.15) is 0 Å². The molecule has 0 radical (unpaired) electrons. The van der Waals surface area contributed by atoms with Crippen LogP contribution in [0.25, 0.3) is 0 Å². The van der Waals surface area contributed by atoms with Crippen molar-refractivity contribution < 1.29 is 14.7 Å². The second-order valence-electron chi connectivity index (χ2n) is 5.66. The summed E-state index contributed by atoms with van der Waals surface area (Å²) < 4.78 is 0. The Kier molecular flexibility index (Phi) is 6.73. The molecule has 0 aliphatic rings. The predicted octanol–water partition coefficient (Wildman–Crippen LogP) is 2.22. The standard InChI is InChI=1S/C13H26N2O3/c1-6-7-13(4,5)15-12(18)14-8-10(9(2)3)11(16)17/h9-10H,6-8H2,1-5H3,(H,16,17)(H2,14,15,18). The van der Waals surface area contributed by atoms with Gasteiger partial charge in [0.05, 0.1) is 5.92 Å². The summed E-state index contributed by atoms with van der Waals surface area (Å²) in [4.78, 5) is 22.6. The van der Waals surface area contributed by atoms with Crippen molar-refractivity contribution in [3.8, 4) is 0 Å². The molecule has 0 rings (SSSR count). The number of urea groups is 1. The van der Waals surface area contributed by atoms with Crippen LogP contribution in [-0.2, 0) is 4.79 Å². The molecule has 0 fully saturated rings. The highest BCUT2D eigenvalue weighted by Crippen LogP contribution is 2.11. The molecule has 0 aliphatic heterocycles. The number of rotatable bonds is 7. The van der Waals surface area contributed by atoms with Gasteiger partial charge in [-0.1, -0.05) is 27.2 Å². The van der Waals surface area contributed by atoms with Crippen molar-refractivity contribution >= 4 is 12.0 Å². The molecule has 0 bridgehead atoms. The van der Waals surface area contributed by atoms with Gasteiger partial charge in [0.2, 0.25) is 0 Å². The van der Waals surface area contributed by atoms with E-state index in [4.69, 9.17) is 5.11 Å². The van der Waals surface area contributed by atoms with Crippen LogP contribution in [0.2, 0.25) is 0 Å². The molecule has 3 N–H and O–H groups in total. The molecule has 0 aromatic heterocycles. The number of nitrogens with one attached hydrogen (secondary N) is 2. The average molecular weight is 258 g/mol. The quantitative estimate of drug-likeness (QED) is 0.655. The minimum Gasteiger partial charge on any atom is -0.481 e. The Hall–Kier alpha value is -1.26. The fraction of sp³-hybridized carbons (Fsp3) is 0.846. The van der Waals surface area contributed by atoms with Gasteiger partial charge in [0, 0.05) is 12.1 Å². The Morgan fingerprint density at radius 3 is 2.22 bits per heavy atom. The van der Waals surface area contributed by atoms with Crippen molar-refractivity contribution in [3.63, 3.8) is 0 Å². The highest BCUT2D eigenvalue weighted by atomic mass is 16.4. The summed E-state index contributed by atoms with van der Waals surface area (Å²) in [7, 11) is 0. The molecule has 5 heteroatoms. The van der Waals surface area contributed by atoms with Gasteiger partial charge >= 0.3 is 12.0 Å². The summed E-state index contributed by atoms with van der Waals surface area (Å²) in [5.41, 5.74) is -0.268. The highest BCUT2D eigenvalue weighted by Gasteiger charge is 2.23. The van der Waals surface area contributed by atoms with E-state index >= 15 is 0 Å². The number of hydrogen-bond acceptors (Lipinski definition) is 2. The number of carbonyl (C=O) groups is 2. The minimum absolute atomic E-state index is 0.00791. The van der Waals surface area contributed by atoms with Crippen molar-refractivity contribution in [3.05, 3.63) is 0 Å². The van der Waals surface area contributed by atoms with Crippen molar-refractivity contribution in [1.29, 1.82) is 0 Å². The summed E-state index contributed by atoms with van der Waals surface area (Å²) in [6.07, 6.45) is 1.87. The normalized spacial score (nSPS) is 13.2. The van der Waals surface area contributed by atoms with Crippen LogP contribution in [0.5, 0.6) is 0 Å². The number of carboxylic acids is 1. The fourth-order valence-electron chi connectivity index (χ4n) is 1.85. The zero-order chi connectivity index (χ0) is 14.3.